The van der Waals surface area contributed by atoms with Crippen LogP contribution in [0.1, 0.15) is 32.4 Å². The van der Waals surface area contributed by atoms with Crippen molar-refractivity contribution in [1.29, 1.82) is 0 Å². The van der Waals surface area contributed by atoms with Gasteiger partial charge in [-0.25, -0.2) is 0 Å². The molecule has 0 unspecified atom stereocenters. The average molecular weight is 419 g/mol. The van der Waals surface area contributed by atoms with Crippen LogP contribution in [0.4, 0.5) is 0 Å². The molecule has 0 aliphatic carbocycles. The topological polar surface area (TPSA) is 52.6 Å². The first-order valence-corrected chi connectivity index (χ1v) is 7.68. The molecule has 6 heteroatoms. The second-order valence-corrected chi connectivity index (χ2v) is 5.46. The molecule has 126 valence electrons. The van der Waals surface area contributed by atoms with Gasteiger partial charge >= 0.3 is 0 Å². The number of hydrogen-bond acceptors (Lipinski definition) is 3. The third-order valence-corrected chi connectivity index (χ3v) is 3.50. The zero-order valence-electron chi connectivity index (χ0n) is 14.2. The standard InChI is InChI=1S/C16H29N5.HI/c1-14(2)21(4)12-8-7-11-19-16(17-3)20-13-15-9-5-6-10-18-15;/h5-6,9-10,14H,7-8,11-13H2,1-4H3,(H2,17,19,20);1H. The summed E-state index contributed by atoms with van der Waals surface area (Å²) in [7, 11) is 3.96. The summed E-state index contributed by atoms with van der Waals surface area (Å²) in [6.07, 6.45) is 4.14. The van der Waals surface area contributed by atoms with Gasteiger partial charge in [0.1, 0.15) is 0 Å². The van der Waals surface area contributed by atoms with Gasteiger partial charge in [0.15, 0.2) is 5.96 Å². The molecule has 0 radical (unpaired) electrons. The first-order valence-electron chi connectivity index (χ1n) is 7.68. The molecule has 0 aromatic carbocycles. The van der Waals surface area contributed by atoms with Crippen LogP contribution in [0.25, 0.3) is 0 Å². The monoisotopic (exact) mass is 419 g/mol. The first-order chi connectivity index (χ1) is 10.1. The number of aromatic nitrogens is 1. The molecule has 0 aliphatic heterocycles. The van der Waals surface area contributed by atoms with E-state index in [1.54, 1.807) is 13.2 Å². The fourth-order valence-electron chi connectivity index (χ4n) is 1.85. The van der Waals surface area contributed by atoms with Gasteiger partial charge in [-0.2, -0.15) is 0 Å². The Bertz CT molecular complexity index is 408. The predicted molar refractivity (Wildman–Crippen MR) is 105 cm³/mol. The molecule has 0 amide bonds. The zero-order valence-corrected chi connectivity index (χ0v) is 16.5. The molecule has 0 fully saturated rings. The highest BCUT2D eigenvalue weighted by Gasteiger charge is 2.02. The van der Waals surface area contributed by atoms with Gasteiger partial charge in [0, 0.05) is 25.8 Å². The summed E-state index contributed by atoms with van der Waals surface area (Å²) in [6.45, 7) is 7.22. The van der Waals surface area contributed by atoms with Gasteiger partial charge < -0.3 is 15.5 Å². The summed E-state index contributed by atoms with van der Waals surface area (Å²) in [5.74, 6) is 0.831. The lowest BCUT2D eigenvalue weighted by Gasteiger charge is -2.20. The van der Waals surface area contributed by atoms with Crippen molar-refractivity contribution in [3.05, 3.63) is 30.1 Å². The number of pyridine rings is 1. The van der Waals surface area contributed by atoms with Crippen LogP contribution in [-0.2, 0) is 6.54 Å². The molecule has 0 spiro atoms. The van der Waals surface area contributed by atoms with E-state index in [1.807, 2.05) is 18.2 Å². The molecule has 1 aromatic heterocycles. The maximum atomic E-state index is 4.28. The van der Waals surface area contributed by atoms with Gasteiger partial charge in [0.2, 0.25) is 0 Å². The van der Waals surface area contributed by atoms with Crippen molar-refractivity contribution in [3.63, 3.8) is 0 Å². The van der Waals surface area contributed by atoms with E-state index in [4.69, 9.17) is 0 Å². The van der Waals surface area contributed by atoms with Gasteiger partial charge in [-0.3, -0.25) is 9.98 Å². The number of aliphatic imine (C=N–C) groups is 1. The zero-order chi connectivity index (χ0) is 15.5. The van der Waals surface area contributed by atoms with Crippen molar-refractivity contribution >= 4 is 29.9 Å². The van der Waals surface area contributed by atoms with Crippen LogP contribution in [0.15, 0.2) is 29.4 Å². The minimum absolute atomic E-state index is 0. The Morgan fingerprint density at radius 2 is 2.05 bits per heavy atom. The van der Waals surface area contributed by atoms with Gasteiger partial charge in [-0.05, 0) is 52.4 Å². The van der Waals surface area contributed by atoms with Gasteiger partial charge in [0.25, 0.3) is 0 Å². The highest BCUT2D eigenvalue weighted by Crippen LogP contribution is 1.97. The number of guanidine groups is 1. The molecule has 1 rings (SSSR count). The van der Waals surface area contributed by atoms with Crippen molar-refractivity contribution in [2.24, 2.45) is 4.99 Å². The normalized spacial score (nSPS) is 11.5. The minimum atomic E-state index is 0. The van der Waals surface area contributed by atoms with Crippen molar-refractivity contribution in [2.75, 3.05) is 27.2 Å². The lowest BCUT2D eigenvalue weighted by atomic mass is 10.2. The van der Waals surface area contributed by atoms with Crippen molar-refractivity contribution in [3.8, 4) is 0 Å². The molecular formula is C16H30IN5. The molecule has 5 nitrogen and oxygen atoms in total. The molecule has 2 N–H and O–H groups in total. The van der Waals surface area contributed by atoms with E-state index in [-0.39, 0.29) is 24.0 Å². The molecule has 1 heterocycles. The Hall–Kier alpha value is -0.890. The van der Waals surface area contributed by atoms with E-state index in [0.717, 1.165) is 31.2 Å². The lowest BCUT2D eigenvalue weighted by Crippen LogP contribution is -2.37. The number of nitrogens with zero attached hydrogens (tertiary/aromatic N) is 3. The SMILES string of the molecule is CN=C(NCCCCN(C)C(C)C)NCc1ccccn1.I. The van der Waals surface area contributed by atoms with Crippen LogP contribution in [-0.4, -0.2) is 49.1 Å². The van der Waals surface area contributed by atoms with Gasteiger partial charge in [-0.15, -0.1) is 24.0 Å². The largest absolute Gasteiger partial charge is 0.356 e. The minimum Gasteiger partial charge on any atom is -0.356 e. The van der Waals surface area contributed by atoms with E-state index < -0.39 is 0 Å². The van der Waals surface area contributed by atoms with Crippen molar-refractivity contribution < 1.29 is 0 Å². The first kappa shape index (κ1) is 21.1. The smallest absolute Gasteiger partial charge is 0.191 e. The van der Waals surface area contributed by atoms with Crippen LogP contribution in [0, 0.1) is 0 Å². The Morgan fingerprint density at radius 1 is 1.27 bits per heavy atom. The van der Waals surface area contributed by atoms with Crippen molar-refractivity contribution in [1.82, 2.24) is 20.5 Å². The highest BCUT2D eigenvalue weighted by molar-refractivity contribution is 14.0. The number of hydrogen-bond donors (Lipinski definition) is 2. The van der Waals surface area contributed by atoms with E-state index in [9.17, 15) is 0 Å². The molecule has 1 aromatic rings. The number of rotatable bonds is 8. The molecular weight excluding hydrogens is 389 g/mol. The van der Waals surface area contributed by atoms with E-state index in [0.29, 0.717) is 12.6 Å². The maximum absolute atomic E-state index is 4.28. The number of nitrogens with one attached hydrogen (secondary N) is 2. The summed E-state index contributed by atoms with van der Waals surface area (Å²) in [4.78, 5) is 10.9. The summed E-state index contributed by atoms with van der Waals surface area (Å²) >= 11 is 0. The van der Waals surface area contributed by atoms with Crippen molar-refractivity contribution in [2.45, 2.75) is 39.3 Å². The van der Waals surface area contributed by atoms with E-state index in [2.05, 4.69) is 46.4 Å². The fourth-order valence-corrected chi connectivity index (χ4v) is 1.85. The van der Waals surface area contributed by atoms with Crippen LogP contribution in [0.2, 0.25) is 0 Å². The second kappa shape index (κ2) is 12.6. The molecule has 0 atom stereocenters. The van der Waals surface area contributed by atoms with E-state index >= 15 is 0 Å². The second-order valence-electron chi connectivity index (χ2n) is 5.46. The highest BCUT2D eigenvalue weighted by atomic mass is 127. The molecule has 0 bridgehead atoms. The van der Waals surface area contributed by atoms with Gasteiger partial charge in [0.05, 0.1) is 12.2 Å². The fraction of sp³-hybridized carbons (Fsp3) is 0.625. The predicted octanol–water partition coefficient (Wildman–Crippen LogP) is 2.49. The van der Waals surface area contributed by atoms with Gasteiger partial charge in [-0.1, -0.05) is 6.07 Å². The summed E-state index contributed by atoms with van der Waals surface area (Å²) < 4.78 is 0. The Kier molecular flexibility index (Phi) is 12.1. The summed E-state index contributed by atoms with van der Waals surface area (Å²) in [5.41, 5.74) is 1.01. The average Bonchev–Trinajstić information content (AvgIpc) is 2.50. The third-order valence-electron chi connectivity index (χ3n) is 3.50. The maximum Gasteiger partial charge on any atom is 0.191 e. The molecule has 0 saturated carbocycles. The summed E-state index contributed by atoms with van der Waals surface area (Å²) in [6, 6.07) is 6.53. The van der Waals surface area contributed by atoms with Crippen LogP contribution in [0.3, 0.4) is 0 Å². The molecule has 0 saturated heterocycles. The quantitative estimate of drug-likeness (QED) is 0.294. The van der Waals surface area contributed by atoms with Crippen LogP contribution < -0.4 is 10.6 Å². The van der Waals surface area contributed by atoms with E-state index in [1.165, 1.54) is 6.42 Å². The van der Waals surface area contributed by atoms with Crippen LogP contribution >= 0.6 is 24.0 Å². The summed E-state index contributed by atoms with van der Waals surface area (Å²) in [5, 5.41) is 6.60. The Labute approximate surface area is 152 Å². The molecule has 22 heavy (non-hydrogen) atoms. The number of halogens is 1. The lowest BCUT2D eigenvalue weighted by molar-refractivity contribution is 0.268. The Balaban J connectivity index is 0.00000441. The third kappa shape index (κ3) is 9.19. The Morgan fingerprint density at radius 3 is 2.64 bits per heavy atom. The van der Waals surface area contributed by atoms with Crippen LogP contribution in [0.5, 0.6) is 0 Å². The number of unbranched alkanes of at least 4 members (excludes halogenated alkanes) is 1. The molecule has 0 aliphatic rings.